The van der Waals surface area contributed by atoms with Crippen LogP contribution in [-0.2, 0) is 58.8 Å². The van der Waals surface area contributed by atoms with Crippen LogP contribution in [0.1, 0.15) is 179 Å². The van der Waals surface area contributed by atoms with Gasteiger partial charge in [0.2, 0.25) is 35.4 Å². The van der Waals surface area contributed by atoms with E-state index >= 15 is 0 Å². The molecule has 25 heteroatoms. The number of aliphatic hydroxyl groups is 6. The second kappa shape index (κ2) is 58.5. The van der Waals surface area contributed by atoms with Crippen LogP contribution in [0.3, 0.4) is 0 Å². The van der Waals surface area contributed by atoms with E-state index < -0.39 is 89.2 Å². The zero-order valence-corrected chi connectivity index (χ0v) is 75.4. The summed E-state index contributed by atoms with van der Waals surface area (Å²) in [6.07, 6.45) is 20.6. The summed E-state index contributed by atoms with van der Waals surface area (Å²) in [6, 6.07) is 28.2. The standard InChI is InChI=1S/C32H53N3O4S.C31H51N3O5S.C30H49N3O4S/c1-23(21-33-32(39)27(22-40-17-16-35(2)3)18-24-10-6-4-7-11-24)31(38)34-28(19-25-12-8-5-9-13-25)30(37)29(36)20-26-14-15-26;1-5-12-28(35)29(36)27(20-25-15-10-7-11-16-25)33-30(37)23(2)21-32-31(38)26(19-24-13-8-6-9-14-24)22-40(39)18-17-34(3)4;1-5-27(34)28(35)26(19-24-14-10-7-11-15-24)32-29(36)22(2)20-31-30(37)25(21-38-17-16-33(3)4)18-23-12-8-6-9-13-23/h4,6-7,10-11,23,25-30,36-37H,5,8-9,12-22H2,1-3H3,(H,33,39)(H,34,38);5-6,8-9,13-14,23,25-29,35-36H,1,7,10-12,15-22H2,2-4H3,(H,32,38)(H,33,37);5-6,8-9,12-13,22,24-28,34-35H,1,7,10-11,14-21H2,2-4H3,(H,31,37)(H,32,36)/t23-,27-,28+,29+,30-;23-,26-,27+,28+,29-,40?;22-,25-,26+,27+,28-/m111/s1. The number of amides is 6. The zero-order valence-electron chi connectivity index (χ0n) is 73.0. The predicted octanol–water partition coefficient (Wildman–Crippen LogP) is 9.79. The van der Waals surface area contributed by atoms with Gasteiger partial charge < -0.3 is 77.2 Å². The van der Waals surface area contributed by atoms with Gasteiger partial charge >= 0.3 is 0 Å². The highest BCUT2D eigenvalue weighted by Gasteiger charge is 2.37. The molecular weight excluding hydrogens is 1550 g/mol. The number of nitrogens with zero attached hydrogens (tertiary/aromatic N) is 3. The van der Waals surface area contributed by atoms with Crippen LogP contribution < -0.4 is 31.9 Å². The van der Waals surface area contributed by atoms with E-state index in [1.54, 1.807) is 43.4 Å². The Kier molecular flexibility index (Phi) is 51.1. The van der Waals surface area contributed by atoms with Gasteiger partial charge in [0, 0.05) is 84.6 Å². The Morgan fingerprint density at radius 1 is 0.432 bits per heavy atom. The molecule has 0 aliphatic heterocycles. The summed E-state index contributed by atoms with van der Waals surface area (Å²) in [5.74, 6) is 2.57. The highest BCUT2D eigenvalue weighted by Crippen LogP contribution is 2.36. The Bertz CT molecular complexity index is 3310. The highest BCUT2D eigenvalue weighted by atomic mass is 32.2. The van der Waals surface area contributed by atoms with E-state index in [0.717, 1.165) is 124 Å². The van der Waals surface area contributed by atoms with Crippen molar-refractivity contribution in [1.29, 1.82) is 0 Å². The SMILES string of the molecule is C=CC[C@H](O)[C@H](O)[C@H](CC1CCCCC1)NC(=O)[C@H](C)CNC(=O)[C@H](Cc1ccccc1)CS(=O)CCN(C)C.C=C[C@H](O)[C@H](O)[C@H](CC1CCCCC1)NC(=O)[C@H](C)CNC(=O)[C@@H](CSCCN(C)C)Cc1ccccc1.C[C@H](CNC(=O)[C@@H](CSCCN(C)C)Cc1ccccc1)C(=O)N[C@@H](CC1CCCCC1)[C@@H](O)[C@@H](O)CC1CC1. The summed E-state index contributed by atoms with van der Waals surface area (Å²) < 4.78 is 12.7. The molecular formula is C93H153N9O13S3. The van der Waals surface area contributed by atoms with E-state index in [1.165, 1.54) is 38.2 Å². The number of carbonyl (C=O) groups excluding carboxylic acids is 6. The van der Waals surface area contributed by atoms with Gasteiger partial charge in [-0.1, -0.05) is 233 Å². The fraction of sp³-hybridized carbons (Fsp3) is 0.699. The van der Waals surface area contributed by atoms with E-state index in [-0.39, 0.29) is 79.1 Å². The number of aliphatic hydroxyl groups excluding tert-OH is 6. The molecule has 4 fully saturated rings. The first kappa shape index (κ1) is 103. The molecule has 4 aliphatic carbocycles. The molecule has 0 aromatic heterocycles. The molecule has 118 heavy (non-hydrogen) atoms. The average molecular weight is 1700 g/mol. The summed E-state index contributed by atoms with van der Waals surface area (Å²) in [4.78, 5) is 85.4. The monoisotopic (exact) mass is 1700 g/mol. The lowest BCUT2D eigenvalue weighted by Crippen LogP contribution is -2.52. The van der Waals surface area contributed by atoms with Crippen LogP contribution in [0.25, 0.3) is 0 Å². The van der Waals surface area contributed by atoms with Gasteiger partial charge in [0.05, 0.1) is 71.9 Å². The molecule has 16 atom stereocenters. The van der Waals surface area contributed by atoms with Crippen LogP contribution in [0.2, 0.25) is 0 Å². The van der Waals surface area contributed by atoms with Crippen LogP contribution >= 0.6 is 23.5 Å². The molecule has 4 saturated carbocycles. The molecule has 7 rings (SSSR count). The minimum absolute atomic E-state index is 0.0282. The maximum absolute atomic E-state index is 13.3. The van der Waals surface area contributed by atoms with Crippen molar-refractivity contribution in [3.63, 3.8) is 0 Å². The van der Waals surface area contributed by atoms with E-state index in [1.807, 2.05) is 133 Å². The molecule has 3 aromatic rings. The number of benzene rings is 3. The Morgan fingerprint density at radius 3 is 1.08 bits per heavy atom. The van der Waals surface area contributed by atoms with E-state index in [4.69, 9.17) is 0 Å². The van der Waals surface area contributed by atoms with Crippen LogP contribution in [0.4, 0.5) is 0 Å². The van der Waals surface area contributed by atoms with Crippen molar-refractivity contribution in [2.45, 2.75) is 236 Å². The molecule has 0 spiro atoms. The molecule has 0 heterocycles. The maximum Gasteiger partial charge on any atom is 0.224 e. The first-order valence-electron chi connectivity index (χ1n) is 44.2. The van der Waals surface area contributed by atoms with Crippen LogP contribution in [0.15, 0.2) is 116 Å². The van der Waals surface area contributed by atoms with E-state index in [9.17, 15) is 63.6 Å². The topological polar surface area (TPSA) is 323 Å². The Labute approximate surface area is 719 Å². The Balaban J connectivity index is 0.000000315. The van der Waals surface area contributed by atoms with Gasteiger partial charge in [-0.25, -0.2) is 0 Å². The largest absolute Gasteiger partial charge is 0.390 e. The van der Waals surface area contributed by atoms with Crippen LogP contribution in [-0.4, -0.2) is 256 Å². The molecule has 1 unspecified atom stereocenters. The smallest absolute Gasteiger partial charge is 0.224 e. The molecule has 22 nitrogen and oxygen atoms in total. The number of carbonyl (C=O) groups is 6. The number of rotatable bonds is 53. The van der Waals surface area contributed by atoms with E-state index in [2.05, 4.69) is 67.0 Å². The van der Waals surface area contributed by atoms with Crippen molar-refractivity contribution in [3.8, 4) is 0 Å². The first-order chi connectivity index (χ1) is 56.5. The molecule has 3 aromatic carbocycles. The molecule has 666 valence electrons. The molecule has 6 amide bonds. The Hall–Kier alpha value is -5.55. The third-order valence-corrected chi connectivity index (χ3v) is 27.2. The quantitative estimate of drug-likeness (QED) is 0.0185. The number of hydrogen-bond acceptors (Lipinski definition) is 18. The lowest BCUT2D eigenvalue weighted by Gasteiger charge is -2.33. The molecule has 12 N–H and O–H groups in total. The fourth-order valence-electron chi connectivity index (χ4n) is 15.6. The first-order valence-corrected chi connectivity index (χ1v) is 48.0. The second-order valence-corrected chi connectivity index (χ2v) is 39.0. The second-order valence-electron chi connectivity index (χ2n) is 35.1. The van der Waals surface area contributed by atoms with Gasteiger partial charge in [-0.2, -0.15) is 23.5 Å². The van der Waals surface area contributed by atoms with Crippen molar-refractivity contribution in [2.24, 2.45) is 59.2 Å². The third-order valence-electron chi connectivity index (χ3n) is 23.5. The van der Waals surface area contributed by atoms with Gasteiger partial charge in [-0.05, 0) is 134 Å². The average Bonchev–Trinajstić information content (AvgIpc) is 1.04. The van der Waals surface area contributed by atoms with Crippen molar-refractivity contribution >= 4 is 69.8 Å². The molecule has 0 bridgehead atoms. The Morgan fingerprint density at radius 2 is 0.754 bits per heavy atom. The van der Waals surface area contributed by atoms with Crippen LogP contribution in [0.5, 0.6) is 0 Å². The minimum Gasteiger partial charge on any atom is -0.390 e. The summed E-state index contributed by atoms with van der Waals surface area (Å²) in [6.45, 7) is 15.7. The van der Waals surface area contributed by atoms with Crippen molar-refractivity contribution < 1.29 is 63.6 Å². The van der Waals surface area contributed by atoms with Crippen molar-refractivity contribution in [1.82, 2.24) is 46.6 Å². The lowest BCUT2D eigenvalue weighted by atomic mass is 9.82. The fourth-order valence-corrected chi connectivity index (χ4v) is 19.5. The third kappa shape index (κ3) is 42.5. The van der Waals surface area contributed by atoms with Crippen molar-refractivity contribution in [2.75, 3.05) is 116 Å². The summed E-state index contributed by atoms with van der Waals surface area (Å²) in [7, 11) is 10.9. The summed E-state index contributed by atoms with van der Waals surface area (Å²) in [5.41, 5.74) is 3.24. The van der Waals surface area contributed by atoms with Gasteiger partial charge in [0.15, 0.2) is 0 Å². The predicted molar refractivity (Wildman–Crippen MR) is 483 cm³/mol. The summed E-state index contributed by atoms with van der Waals surface area (Å²) in [5, 5.41) is 81.8. The minimum atomic E-state index is -1.15. The maximum atomic E-state index is 13.3. The van der Waals surface area contributed by atoms with Crippen LogP contribution in [0, 0.1) is 59.2 Å². The molecule has 0 radical (unpaired) electrons. The molecule has 4 aliphatic rings. The van der Waals surface area contributed by atoms with Gasteiger partial charge in [0.25, 0.3) is 0 Å². The lowest BCUT2D eigenvalue weighted by molar-refractivity contribution is -0.129. The highest BCUT2D eigenvalue weighted by molar-refractivity contribution is 7.99. The number of nitrogens with one attached hydrogen (secondary N) is 6. The zero-order chi connectivity index (χ0) is 86.3. The van der Waals surface area contributed by atoms with Crippen molar-refractivity contribution in [3.05, 3.63) is 133 Å². The molecule has 0 saturated heterocycles. The summed E-state index contributed by atoms with van der Waals surface area (Å²) >= 11 is 3.55. The van der Waals surface area contributed by atoms with Gasteiger partial charge in [-0.15, -0.1) is 13.2 Å². The van der Waals surface area contributed by atoms with Gasteiger partial charge in [0.1, 0.15) is 18.3 Å². The normalized spacial score (nSPS) is 19.0. The number of hydrogen-bond donors (Lipinski definition) is 12. The van der Waals surface area contributed by atoms with E-state index in [0.29, 0.717) is 86.7 Å². The van der Waals surface area contributed by atoms with Gasteiger partial charge in [-0.3, -0.25) is 33.0 Å². The number of thioether (sulfide) groups is 2.